The number of hydrogen-bond acceptors (Lipinski definition) is 5. The van der Waals surface area contributed by atoms with Crippen LogP contribution in [-0.2, 0) is 25.8 Å². The lowest BCUT2D eigenvalue weighted by atomic mass is 10.2. The summed E-state index contributed by atoms with van der Waals surface area (Å²) in [5.74, 6) is -0.254. The summed E-state index contributed by atoms with van der Waals surface area (Å²) in [4.78, 5) is 3.84. The summed E-state index contributed by atoms with van der Waals surface area (Å²) in [7, 11) is -7.49. The van der Waals surface area contributed by atoms with Crippen LogP contribution < -0.4 is 9.44 Å². The number of hydrogen-bond donors (Lipinski definition) is 2. The smallest absolute Gasteiger partial charge is 0.261 e. The molecule has 2 N–H and O–H groups in total. The van der Waals surface area contributed by atoms with Crippen molar-refractivity contribution in [2.24, 2.45) is 0 Å². The molecule has 10 heteroatoms. The van der Waals surface area contributed by atoms with Crippen LogP contribution in [-0.4, -0.2) is 21.8 Å². The summed E-state index contributed by atoms with van der Waals surface area (Å²) in [5, 5.41) is 0.448. The topological polar surface area (TPSA) is 105 Å². The third-order valence-electron chi connectivity index (χ3n) is 3.60. The monoisotopic (exact) mass is 437 g/mol. The van der Waals surface area contributed by atoms with Crippen LogP contribution in [0, 0.1) is 0 Å². The van der Waals surface area contributed by atoms with Gasteiger partial charge >= 0.3 is 0 Å². The highest BCUT2D eigenvalue weighted by molar-refractivity contribution is 7.92. The Kier molecular flexibility index (Phi) is 5.87. The van der Waals surface area contributed by atoms with E-state index >= 15 is 0 Å². The second-order valence-electron chi connectivity index (χ2n) is 5.86. The first-order chi connectivity index (χ1) is 13.2. The van der Waals surface area contributed by atoms with Crippen LogP contribution >= 0.6 is 11.6 Å². The molecule has 0 fully saturated rings. The van der Waals surface area contributed by atoms with E-state index in [1.807, 2.05) is 0 Å². The number of rotatable bonds is 7. The summed E-state index contributed by atoms with van der Waals surface area (Å²) in [6, 6.07) is 15.1. The van der Waals surface area contributed by atoms with Gasteiger partial charge in [-0.1, -0.05) is 23.7 Å². The molecule has 7 nitrogen and oxygen atoms in total. The van der Waals surface area contributed by atoms with Crippen molar-refractivity contribution in [3.8, 4) is 0 Å². The molecule has 146 valence electrons. The van der Waals surface area contributed by atoms with Crippen molar-refractivity contribution in [3.63, 3.8) is 0 Å². The van der Waals surface area contributed by atoms with Crippen LogP contribution in [0.25, 0.3) is 0 Å². The molecule has 2 aromatic carbocycles. The van der Waals surface area contributed by atoms with Gasteiger partial charge in [-0.05, 0) is 54.1 Å². The fourth-order valence-corrected chi connectivity index (χ4v) is 4.84. The van der Waals surface area contributed by atoms with Crippen molar-refractivity contribution in [1.29, 1.82) is 0 Å². The molecule has 0 bridgehead atoms. The molecule has 3 aromatic rings. The van der Waals surface area contributed by atoms with Crippen molar-refractivity contribution < 1.29 is 16.8 Å². The van der Waals surface area contributed by atoms with Crippen LogP contribution in [0.2, 0.25) is 5.02 Å². The quantitative estimate of drug-likeness (QED) is 0.588. The minimum atomic E-state index is -3.81. The fourth-order valence-electron chi connectivity index (χ4n) is 2.40. The lowest BCUT2D eigenvalue weighted by molar-refractivity contribution is 0.599. The van der Waals surface area contributed by atoms with Crippen molar-refractivity contribution >= 4 is 43.0 Å². The zero-order valence-electron chi connectivity index (χ0n) is 14.4. The predicted molar refractivity (Wildman–Crippen MR) is 109 cm³/mol. The maximum Gasteiger partial charge on any atom is 0.261 e. The second kappa shape index (κ2) is 8.17. The van der Waals surface area contributed by atoms with E-state index in [9.17, 15) is 16.8 Å². The van der Waals surface area contributed by atoms with Gasteiger partial charge in [-0.25, -0.2) is 16.8 Å². The Morgan fingerprint density at radius 1 is 0.857 bits per heavy atom. The first kappa shape index (κ1) is 20.1. The van der Waals surface area contributed by atoms with E-state index in [2.05, 4.69) is 14.4 Å². The van der Waals surface area contributed by atoms with Crippen molar-refractivity contribution in [2.75, 3.05) is 9.44 Å². The molecule has 0 saturated heterocycles. The van der Waals surface area contributed by atoms with E-state index in [0.29, 0.717) is 16.3 Å². The minimum Gasteiger partial charge on any atom is -0.283 e. The number of anilines is 2. The first-order valence-corrected chi connectivity index (χ1v) is 11.5. The molecule has 0 saturated carbocycles. The standard InChI is InChI=1S/C18H16ClN3O4S2/c19-15-4-1-3-14(11-15)13-27(23,24)21-16-6-8-18(9-7-16)28(25,26)22-17-5-2-10-20-12-17/h1-12,21-22H,13H2. The third kappa shape index (κ3) is 5.44. The third-order valence-corrected chi connectivity index (χ3v) is 6.49. The van der Waals surface area contributed by atoms with Gasteiger partial charge in [-0.15, -0.1) is 0 Å². The van der Waals surface area contributed by atoms with Crippen molar-refractivity contribution in [3.05, 3.63) is 83.6 Å². The zero-order valence-corrected chi connectivity index (χ0v) is 16.8. The largest absolute Gasteiger partial charge is 0.283 e. The maximum atomic E-state index is 12.4. The van der Waals surface area contributed by atoms with E-state index in [1.54, 1.807) is 36.4 Å². The second-order valence-corrected chi connectivity index (χ2v) is 9.70. The predicted octanol–water partition coefficient (Wildman–Crippen LogP) is 3.48. The van der Waals surface area contributed by atoms with Gasteiger partial charge in [0.2, 0.25) is 10.0 Å². The van der Waals surface area contributed by atoms with E-state index in [4.69, 9.17) is 11.6 Å². The Morgan fingerprint density at radius 3 is 2.25 bits per heavy atom. The molecule has 0 spiro atoms. The van der Waals surface area contributed by atoms with Gasteiger partial charge in [0.1, 0.15) is 0 Å². The fraction of sp³-hybridized carbons (Fsp3) is 0.0556. The van der Waals surface area contributed by atoms with Crippen LogP contribution in [0.5, 0.6) is 0 Å². The maximum absolute atomic E-state index is 12.4. The molecule has 1 aromatic heterocycles. The molecule has 1 heterocycles. The van der Waals surface area contributed by atoms with Gasteiger partial charge < -0.3 is 0 Å². The Bertz CT molecular complexity index is 1170. The number of halogens is 1. The van der Waals surface area contributed by atoms with Crippen LogP contribution in [0.3, 0.4) is 0 Å². The van der Waals surface area contributed by atoms with Gasteiger partial charge in [-0.3, -0.25) is 14.4 Å². The molecule has 0 radical (unpaired) electrons. The summed E-state index contributed by atoms with van der Waals surface area (Å²) < 4.78 is 54.2. The van der Waals surface area contributed by atoms with Crippen LogP contribution in [0.15, 0.2) is 78.0 Å². The minimum absolute atomic E-state index is 0.00542. The Morgan fingerprint density at radius 2 is 1.61 bits per heavy atom. The number of benzene rings is 2. The number of nitrogens with zero attached hydrogens (tertiary/aromatic N) is 1. The summed E-state index contributed by atoms with van der Waals surface area (Å²) in [6.45, 7) is 0. The molecular weight excluding hydrogens is 422 g/mol. The molecule has 0 unspecified atom stereocenters. The highest BCUT2D eigenvalue weighted by Gasteiger charge is 2.16. The van der Waals surface area contributed by atoms with Gasteiger partial charge in [0.15, 0.2) is 0 Å². The van der Waals surface area contributed by atoms with E-state index in [0.717, 1.165) is 0 Å². The van der Waals surface area contributed by atoms with Gasteiger partial charge in [0, 0.05) is 16.9 Å². The average Bonchev–Trinajstić information content (AvgIpc) is 2.62. The lowest BCUT2D eigenvalue weighted by Crippen LogP contribution is -2.16. The first-order valence-electron chi connectivity index (χ1n) is 8.01. The molecular formula is C18H16ClN3O4S2. The number of nitrogens with one attached hydrogen (secondary N) is 2. The van der Waals surface area contributed by atoms with Crippen molar-refractivity contribution in [1.82, 2.24) is 4.98 Å². The van der Waals surface area contributed by atoms with Crippen LogP contribution in [0.1, 0.15) is 5.56 Å². The summed E-state index contributed by atoms with van der Waals surface area (Å²) in [5.41, 5.74) is 1.12. The van der Waals surface area contributed by atoms with E-state index in [-0.39, 0.29) is 16.3 Å². The molecule has 0 amide bonds. The molecule has 0 aliphatic carbocycles. The molecule has 0 aliphatic heterocycles. The molecule has 0 atom stereocenters. The highest BCUT2D eigenvalue weighted by atomic mass is 35.5. The number of sulfonamides is 2. The van der Waals surface area contributed by atoms with E-state index < -0.39 is 20.0 Å². The molecule has 3 rings (SSSR count). The molecule has 0 aliphatic rings. The van der Waals surface area contributed by atoms with Crippen LogP contribution in [0.4, 0.5) is 11.4 Å². The zero-order chi connectivity index (χ0) is 20.2. The Labute approximate surface area is 168 Å². The number of aromatic nitrogens is 1. The van der Waals surface area contributed by atoms with Gasteiger partial charge in [-0.2, -0.15) is 0 Å². The Hall–Kier alpha value is -2.62. The summed E-state index contributed by atoms with van der Waals surface area (Å²) in [6.07, 6.45) is 2.91. The van der Waals surface area contributed by atoms with E-state index in [1.165, 1.54) is 36.7 Å². The van der Waals surface area contributed by atoms with Gasteiger partial charge in [0.25, 0.3) is 10.0 Å². The normalized spacial score (nSPS) is 11.8. The Balaban J connectivity index is 1.71. The number of pyridine rings is 1. The summed E-state index contributed by atoms with van der Waals surface area (Å²) >= 11 is 5.87. The lowest BCUT2D eigenvalue weighted by Gasteiger charge is -2.10. The average molecular weight is 438 g/mol. The van der Waals surface area contributed by atoms with Gasteiger partial charge in [0.05, 0.1) is 22.5 Å². The SMILES string of the molecule is O=S(=O)(Cc1cccc(Cl)c1)Nc1ccc(S(=O)(=O)Nc2cccnc2)cc1. The molecule has 28 heavy (non-hydrogen) atoms. The highest BCUT2D eigenvalue weighted by Crippen LogP contribution is 2.20. The van der Waals surface area contributed by atoms with Crippen molar-refractivity contribution in [2.45, 2.75) is 10.6 Å².